The first-order chi connectivity index (χ1) is 15.2. The summed E-state index contributed by atoms with van der Waals surface area (Å²) in [5, 5.41) is 15.1. The van der Waals surface area contributed by atoms with Gasteiger partial charge < -0.3 is 25.2 Å². The molecule has 1 unspecified atom stereocenters. The summed E-state index contributed by atoms with van der Waals surface area (Å²) in [4.78, 5) is 28.0. The van der Waals surface area contributed by atoms with Gasteiger partial charge in [-0.1, -0.05) is 26.8 Å². The van der Waals surface area contributed by atoms with Gasteiger partial charge in [-0.15, -0.1) is 0 Å². The van der Waals surface area contributed by atoms with Crippen molar-refractivity contribution in [1.29, 1.82) is 0 Å². The van der Waals surface area contributed by atoms with Crippen LogP contribution in [0.15, 0.2) is 12.1 Å². The molecule has 1 aromatic rings. The van der Waals surface area contributed by atoms with Gasteiger partial charge in [-0.2, -0.15) is 0 Å². The molecule has 1 atom stereocenters. The van der Waals surface area contributed by atoms with Crippen LogP contribution in [0.1, 0.15) is 64.1 Å². The maximum absolute atomic E-state index is 11.8. The number of pyridine rings is 1. The van der Waals surface area contributed by atoms with Gasteiger partial charge >= 0.3 is 12.1 Å². The molecule has 178 valence electrons. The molecule has 8 nitrogen and oxygen atoms in total. The van der Waals surface area contributed by atoms with Gasteiger partial charge in [0, 0.05) is 25.3 Å². The lowest BCUT2D eigenvalue weighted by Crippen LogP contribution is -2.43. The predicted molar refractivity (Wildman–Crippen MR) is 122 cm³/mol. The Morgan fingerprint density at radius 2 is 2.09 bits per heavy atom. The Kier molecular flexibility index (Phi) is 8.34. The van der Waals surface area contributed by atoms with Crippen LogP contribution in [0.3, 0.4) is 0 Å². The first kappa shape index (κ1) is 24.3. The number of fused-ring (bicyclic) bond motifs is 1. The minimum absolute atomic E-state index is 0.167. The van der Waals surface area contributed by atoms with Crippen molar-refractivity contribution >= 4 is 17.9 Å². The highest BCUT2D eigenvalue weighted by atomic mass is 16.5. The second kappa shape index (κ2) is 11.0. The first-order valence-electron chi connectivity index (χ1n) is 11.7. The van der Waals surface area contributed by atoms with Crippen molar-refractivity contribution in [2.75, 3.05) is 25.1 Å². The number of carboxylic acids is 1. The maximum atomic E-state index is 11.8. The fourth-order valence-corrected chi connectivity index (χ4v) is 3.98. The Bertz CT molecular complexity index is 786. The molecule has 1 fully saturated rings. The lowest BCUT2D eigenvalue weighted by Gasteiger charge is -2.35. The summed E-state index contributed by atoms with van der Waals surface area (Å²) >= 11 is 0. The smallest absolute Gasteiger partial charge is 0.407 e. The topological polar surface area (TPSA) is 110 Å². The van der Waals surface area contributed by atoms with Gasteiger partial charge in [-0.25, -0.2) is 14.6 Å². The summed E-state index contributed by atoms with van der Waals surface area (Å²) in [7, 11) is 0. The van der Waals surface area contributed by atoms with E-state index in [0.29, 0.717) is 12.5 Å². The highest BCUT2D eigenvalue weighted by Crippen LogP contribution is 2.34. The molecule has 1 saturated carbocycles. The zero-order valence-corrected chi connectivity index (χ0v) is 19.5. The molecule has 3 rings (SSSR count). The average Bonchev–Trinajstić information content (AvgIpc) is 2.71. The fraction of sp³-hybridized carbons (Fsp3) is 0.708. The van der Waals surface area contributed by atoms with E-state index < -0.39 is 18.1 Å². The Balaban J connectivity index is 1.30. The molecule has 2 aliphatic rings. The van der Waals surface area contributed by atoms with E-state index in [9.17, 15) is 14.7 Å². The number of aryl methyl sites for hydroxylation is 2. The number of hydrogen-bond acceptors (Lipinski definition) is 6. The lowest BCUT2D eigenvalue weighted by atomic mass is 9.79. The highest BCUT2D eigenvalue weighted by molar-refractivity contribution is 5.79. The minimum atomic E-state index is -1.08. The third-order valence-corrected chi connectivity index (χ3v) is 5.94. The van der Waals surface area contributed by atoms with Crippen molar-refractivity contribution in [1.82, 2.24) is 10.3 Å². The van der Waals surface area contributed by atoms with E-state index in [-0.39, 0.29) is 24.5 Å². The number of carbonyl (C=O) groups excluding carboxylic acids is 1. The number of carbonyl (C=O) groups is 2. The fourth-order valence-electron chi connectivity index (χ4n) is 3.98. The molecular formula is C24H37N3O5. The molecule has 2 heterocycles. The van der Waals surface area contributed by atoms with Gasteiger partial charge in [-0.05, 0) is 61.5 Å². The number of hydrogen-bond donors (Lipinski definition) is 3. The average molecular weight is 448 g/mol. The number of ether oxygens (including phenoxy) is 2. The van der Waals surface area contributed by atoms with Crippen molar-refractivity contribution in [3.05, 3.63) is 23.4 Å². The zero-order valence-electron chi connectivity index (χ0n) is 19.5. The first-order valence-corrected chi connectivity index (χ1v) is 11.7. The third kappa shape index (κ3) is 7.65. The van der Waals surface area contributed by atoms with Crippen LogP contribution in [0.5, 0.6) is 0 Å². The van der Waals surface area contributed by atoms with E-state index in [4.69, 9.17) is 14.5 Å². The molecule has 3 N–H and O–H groups in total. The van der Waals surface area contributed by atoms with Crippen molar-refractivity contribution < 1.29 is 24.2 Å². The van der Waals surface area contributed by atoms with Crippen LogP contribution in [-0.2, 0) is 27.1 Å². The molecule has 1 aliphatic carbocycles. The normalized spacial score (nSPS) is 21.0. The number of amides is 1. The van der Waals surface area contributed by atoms with Gasteiger partial charge in [0.15, 0.2) is 0 Å². The van der Waals surface area contributed by atoms with E-state index >= 15 is 0 Å². The van der Waals surface area contributed by atoms with Gasteiger partial charge in [-0.3, -0.25) is 0 Å². The van der Waals surface area contributed by atoms with Crippen molar-refractivity contribution in [3.8, 4) is 0 Å². The molecule has 1 aliphatic heterocycles. The van der Waals surface area contributed by atoms with Crippen molar-refractivity contribution in [3.63, 3.8) is 0 Å². The Morgan fingerprint density at radius 3 is 2.81 bits per heavy atom. The number of anilines is 1. The third-order valence-electron chi connectivity index (χ3n) is 5.94. The molecule has 8 heteroatoms. The molecule has 1 amide bonds. The number of aliphatic carboxylic acids is 1. The van der Waals surface area contributed by atoms with Gasteiger partial charge in [0.25, 0.3) is 0 Å². The maximum Gasteiger partial charge on any atom is 0.407 e. The summed E-state index contributed by atoms with van der Waals surface area (Å²) in [5.41, 5.74) is 2.28. The van der Waals surface area contributed by atoms with Crippen LogP contribution < -0.4 is 10.6 Å². The Morgan fingerprint density at radius 1 is 1.31 bits per heavy atom. The van der Waals surface area contributed by atoms with Crippen LogP contribution in [0.4, 0.5) is 10.6 Å². The largest absolute Gasteiger partial charge is 0.480 e. The summed E-state index contributed by atoms with van der Waals surface area (Å²) < 4.78 is 10.9. The molecule has 1 aromatic heterocycles. The van der Waals surface area contributed by atoms with E-state index in [1.165, 1.54) is 12.0 Å². The number of nitrogens with zero attached hydrogens (tertiary/aromatic N) is 1. The molecule has 32 heavy (non-hydrogen) atoms. The number of rotatable bonds is 10. The summed E-state index contributed by atoms with van der Waals surface area (Å²) in [5.74, 6) is 0.582. The summed E-state index contributed by atoms with van der Waals surface area (Å²) in [6, 6.07) is 3.33. The van der Waals surface area contributed by atoms with E-state index in [0.717, 1.165) is 50.2 Å². The molecule has 0 saturated heterocycles. The van der Waals surface area contributed by atoms with Crippen molar-refractivity contribution in [2.45, 2.75) is 77.9 Å². The number of carboxylic acid groups (broad SMARTS) is 1. The van der Waals surface area contributed by atoms with E-state index in [1.807, 2.05) is 20.8 Å². The van der Waals surface area contributed by atoms with Gasteiger partial charge in [0.05, 0.1) is 12.7 Å². The zero-order chi connectivity index (χ0) is 23.1. The lowest BCUT2D eigenvalue weighted by molar-refractivity contribution is -0.140. The van der Waals surface area contributed by atoms with Crippen LogP contribution in [-0.4, -0.2) is 54.1 Å². The van der Waals surface area contributed by atoms with Crippen molar-refractivity contribution in [2.24, 2.45) is 11.3 Å². The SMILES string of the molecule is CC(C)(C)COC(=O)NC(CCOC1CC(CCc2ccc3c(n2)NCCC3)C1)C(=O)O. The number of nitrogens with one attached hydrogen (secondary N) is 2. The number of aromatic nitrogens is 1. The molecule has 0 radical (unpaired) electrons. The molecule has 0 bridgehead atoms. The highest BCUT2D eigenvalue weighted by Gasteiger charge is 2.30. The Labute approximate surface area is 190 Å². The monoisotopic (exact) mass is 447 g/mol. The summed E-state index contributed by atoms with van der Waals surface area (Å²) in [6.07, 6.45) is 5.98. The van der Waals surface area contributed by atoms with Gasteiger partial charge in [0.2, 0.25) is 0 Å². The number of alkyl carbamates (subject to hydrolysis) is 1. The standard InChI is InChI=1S/C24H37N3O5/c1-24(2,3)15-32-23(30)27-20(22(28)29)10-12-31-19-13-16(14-19)6-8-18-9-7-17-5-4-11-25-21(17)26-18/h7,9,16,19-20H,4-6,8,10-15H2,1-3H3,(H,25,26)(H,27,30)(H,28,29). The molecular weight excluding hydrogens is 410 g/mol. The second-order valence-electron chi connectivity index (χ2n) is 10.2. The van der Waals surface area contributed by atoms with Gasteiger partial charge in [0.1, 0.15) is 11.9 Å². The second-order valence-corrected chi connectivity index (χ2v) is 10.2. The van der Waals surface area contributed by atoms with Crippen LogP contribution in [0.2, 0.25) is 0 Å². The van der Waals surface area contributed by atoms with Crippen LogP contribution in [0.25, 0.3) is 0 Å². The van der Waals surface area contributed by atoms with Crippen LogP contribution in [0, 0.1) is 11.3 Å². The predicted octanol–water partition coefficient (Wildman–Crippen LogP) is 3.78. The minimum Gasteiger partial charge on any atom is -0.480 e. The quantitative estimate of drug-likeness (QED) is 0.501. The van der Waals surface area contributed by atoms with E-state index in [1.54, 1.807) is 0 Å². The van der Waals surface area contributed by atoms with E-state index in [2.05, 4.69) is 22.8 Å². The van der Waals surface area contributed by atoms with Crippen LogP contribution >= 0.6 is 0 Å². The molecule has 0 aromatic carbocycles. The summed E-state index contributed by atoms with van der Waals surface area (Å²) in [6.45, 7) is 7.34. The Hall–Kier alpha value is -2.35. The molecule has 0 spiro atoms.